The van der Waals surface area contributed by atoms with Crippen LogP contribution < -0.4 is 26.5 Å². The number of benzene rings is 2. The fraction of sp³-hybridized carbons (Fsp3) is 0.308. The molecule has 0 radical (unpaired) electrons. The van der Waals surface area contributed by atoms with Crippen molar-refractivity contribution >= 4 is 29.7 Å². The molecule has 2 aromatic carbocycles. The fourth-order valence-electron chi connectivity index (χ4n) is 4.52. The number of hydrazone groups is 1. The van der Waals surface area contributed by atoms with Gasteiger partial charge in [0.05, 0.1) is 17.1 Å². The number of nitrogens with zero attached hydrogens (tertiary/aromatic N) is 5. The zero-order valence-electron chi connectivity index (χ0n) is 20.9. The van der Waals surface area contributed by atoms with Gasteiger partial charge in [-0.1, -0.05) is 6.07 Å². The lowest BCUT2D eigenvalue weighted by Gasteiger charge is -2.30. The first-order chi connectivity index (χ1) is 17.6. The van der Waals surface area contributed by atoms with Gasteiger partial charge >= 0.3 is 0 Å². The maximum absolute atomic E-state index is 14.3. The van der Waals surface area contributed by atoms with Crippen LogP contribution >= 0.6 is 0 Å². The summed E-state index contributed by atoms with van der Waals surface area (Å²) in [6.45, 7) is 10.9. The van der Waals surface area contributed by atoms with E-state index in [1.165, 1.54) is 12.1 Å². The second-order valence-electron chi connectivity index (χ2n) is 9.17. The number of halogens is 2. The summed E-state index contributed by atoms with van der Waals surface area (Å²) in [4.78, 5) is 27.7. The Hall–Kier alpha value is -4.12. The lowest BCUT2D eigenvalue weighted by Crippen LogP contribution is -2.30. The molecule has 4 rings (SSSR count). The molecule has 11 heteroatoms. The second kappa shape index (κ2) is 10.5. The monoisotopic (exact) mass is 509 g/mol. The lowest BCUT2D eigenvalue weighted by molar-refractivity contribution is 0.102. The molecule has 194 valence electrons. The van der Waals surface area contributed by atoms with Gasteiger partial charge in [-0.05, 0) is 63.1 Å². The highest BCUT2D eigenvalue weighted by Crippen LogP contribution is 2.39. The molecule has 0 unspecified atom stereocenters. The summed E-state index contributed by atoms with van der Waals surface area (Å²) in [5.74, 6) is -2.60. The van der Waals surface area contributed by atoms with Gasteiger partial charge in [-0.3, -0.25) is 14.6 Å². The number of aromatic nitrogens is 2. The standard InChI is InChI=1S/C26H29F2N7O2/c1-15(2)34(30-4)22-10-8-20(24(16(22)3)33-13-12-17(29)14-33)31-26(37)21-9-11-23(36)35(32-21)25-18(27)6-5-7-19(25)28/h5-11,15,17H,4,12-14,29H2,1-3H3,(H,31,37)/t17-/m0/s1. The molecule has 1 aliphatic rings. The minimum absolute atomic E-state index is 0.00812. The Morgan fingerprint density at radius 2 is 1.89 bits per heavy atom. The Labute approximate surface area is 213 Å². The smallest absolute Gasteiger partial charge is 0.276 e. The van der Waals surface area contributed by atoms with Gasteiger partial charge in [-0.25, -0.2) is 8.78 Å². The van der Waals surface area contributed by atoms with Crippen LogP contribution in [0, 0.1) is 18.6 Å². The van der Waals surface area contributed by atoms with Crippen LogP contribution in [0.25, 0.3) is 5.69 Å². The number of rotatable bonds is 7. The molecule has 1 aromatic heterocycles. The maximum atomic E-state index is 14.3. The van der Waals surface area contributed by atoms with Crippen molar-refractivity contribution in [1.82, 2.24) is 9.78 Å². The number of nitrogens with one attached hydrogen (secondary N) is 1. The van der Waals surface area contributed by atoms with Crippen molar-refractivity contribution in [2.75, 3.05) is 28.3 Å². The van der Waals surface area contributed by atoms with Gasteiger partial charge in [-0.15, -0.1) is 0 Å². The van der Waals surface area contributed by atoms with E-state index in [0.29, 0.717) is 23.5 Å². The van der Waals surface area contributed by atoms with Crippen LogP contribution in [-0.2, 0) is 0 Å². The minimum Gasteiger partial charge on any atom is -0.368 e. The van der Waals surface area contributed by atoms with E-state index >= 15 is 0 Å². The van der Waals surface area contributed by atoms with Crippen molar-refractivity contribution in [2.45, 2.75) is 39.3 Å². The number of hydrogen-bond donors (Lipinski definition) is 2. The number of amides is 1. The molecule has 1 amide bonds. The fourth-order valence-corrected chi connectivity index (χ4v) is 4.52. The highest BCUT2D eigenvalue weighted by atomic mass is 19.1. The third-order valence-electron chi connectivity index (χ3n) is 6.26. The molecule has 9 nitrogen and oxygen atoms in total. The molecule has 1 atom stereocenters. The quantitative estimate of drug-likeness (QED) is 0.373. The van der Waals surface area contributed by atoms with Crippen molar-refractivity contribution in [2.24, 2.45) is 10.8 Å². The summed E-state index contributed by atoms with van der Waals surface area (Å²) in [6, 6.07) is 9.08. The summed E-state index contributed by atoms with van der Waals surface area (Å²) in [6.07, 6.45) is 0.797. The summed E-state index contributed by atoms with van der Waals surface area (Å²) in [5.41, 5.74) is 7.54. The van der Waals surface area contributed by atoms with E-state index in [1.54, 1.807) is 11.1 Å². The summed E-state index contributed by atoms with van der Waals surface area (Å²) >= 11 is 0. The molecule has 1 saturated heterocycles. The molecule has 1 fully saturated rings. The summed E-state index contributed by atoms with van der Waals surface area (Å²) in [7, 11) is 0. The molecule has 3 aromatic rings. The van der Waals surface area contributed by atoms with Crippen molar-refractivity contribution in [1.29, 1.82) is 0 Å². The number of para-hydroxylation sites is 1. The van der Waals surface area contributed by atoms with Crippen LogP contribution in [0.4, 0.5) is 25.8 Å². The zero-order valence-corrected chi connectivity index (χ0v) is 20.9. The number of anilines is 3. The topological polar surface area (TPSA) is 109 Å². The number of carbonyl (C=O) groups excluding carboxylic acids is 1. The van der Waals surface area contributed by atoms with E-state index in [1.807, 2.05) is 26.8 Å². The molecular formula is C26H29F2N7O2. The van der Waals surface area contributed by atoms with Gasteiger partial charge in [0, 0.05) is 38.0 Å². The molecule has 37 heavy (non-hydrogen) atoms. The first-order valence-corrected chi connectivity index (χ1v) is 11.9. The first kappa shape index (κ1) is 26.0. The van der Waals surface area contributed by atoms with Gasteiger partial charge in [0.2, 0.25) is 0 Å². The Morgan fingerprint density at radius 1 is 1.19 bits per heavy atom. The molecule has 0 aliphatic carbocycles. The molecule has 0 bridgehead atoms. The van der Waals surface area contributed by atoms with Crippen molar-refractivity contribution in [3.63, 3.8) is 0 Å². The number of hydrogen-bond acceptors (Lipinski definition) is 7. The number of nitrogens with two attached hydrogens (primary N) is 1. The van der Waals surface area contributed by atoms with Gasteiger partial charge in [0.15, 0.2) is 11.6 Å². The molecule has 1 aliphatic heterocycles. The Bertz CT molecular complexity index is 1390. The average molecular weight is 510 g/mol. The van der Waals surface area contributed by atoms with Crippen LogP contribution in [0.15, 0.2) is 52.4 Å². The van der Waals surface area contributed by atoms with E-state index in [4.69, 9.17) is 5.73 Å². The van der Waals surface area contributed by atoms with E-state index < -0.39 is 28.8 Å². The van der Waals surface area contributed by atoms with E-state index in [0.717, 1.165) is 41.6 Å². The first-order valence-electron chi connectivity index (χ1n) is 11.9. The van der Waals surface area contributed by atoms with E-state index in [9.17, 15) is 18.4 Å². The highest BCUT2D eigenvalue weighted by molar-refractivity contribution is 6.05. The Kier molecular flexibility index (Phi) is 7.35. The Morgan fingerprint density at radius 3 is 2.49 bits per heavy atom. The molecule has 0 saturated carbocycles. The van der Waals surface area contributed by atoms with Gasteiger partial charge in [0.1, 0.15) is 11.4 Å². The summed E-state index contributed by atoms with van der Waals surface area (Å²) in [5, 5.41) is 12.7. The van der Waals surface area contributed by atoms with Gasteiger partial charge < -0.3 is 16.0 Å². The summed E-state index contributed by atoms with van der Waals surface area (Å²) < 4.78 is 29.2. The van der Waals surface area contributed by atoms with E-state index in [2.05, 4.69) is 27.1 Å². The van der Waals surface area contributed by atoms with Gasteiger partial charge in [0.25, 0.3) is 11.5 Å². The minimum atomic E-state index is -0.975. The molecule has 0 spiro atoms. The third-order valence-corrected chi connectivity index (χ3v) is 6.26. The van der Waals surface area contributed by atoms with Gasteiger partial charge in [-0.2, -0.15) is 14.9 Å². The van der Waals surface area contributed by atoms with Crippen LogP contribution in [0.1, 0.15) is 36.3 Å². The maximum Gasteiger partial charge on any atom is 0.276 e. The predicted octanol–water partition coefficient (Wildman–Crippen LogP) is 3.44. The number of carbonyl (C=O) groups is 1. The Balaban J connectivity index is 1.75. The third kappa shape index (κ3) is 5.08. The highest BCUT2D eigenvalue weighted by Gasteiger charge is 2.27. The average Bonchev–Trinajstić information content (AvgIpc) is 3.27. The largest absolute Gasteiger partial charge is 0.368 e. The van der Waals surface area contributed by atoms with Crippen molar-refractivity contribution in [3.05, 3.63) is 75.7 Å². The lowest BCUT2D eigenvalue weighted by atomic mass is 10.1. The SMILES string of the molecule is C=NN(c1ccc(NC(=O)c2ccc(=O)n(-c3c(F)cccc3F)n2)c(N2CC[C@H](N)C2)c1C)C(C)C. The predicted molar refractivity (Wildman–Crippen MR) is 141 cm³/mol. The van der Waals surface area contributed by atoms with Crippen molar-refractivity contribution in [3.8, 4) is 5.69 Å². The van der Waals surface area contributed by atoms with Crippen LogP contribution in [-0.4, -0.2) is 47.6 Å². The van der Waals surface area contributed by atoms with Crippen LogP contribution in [0.5, 0.6) is 0 Å². The van der Waals surface area contributed by atoms with Crippen molar-refractivity contribution < 1.29 is 13.6 Å². The zero-order chi connectivity index (χ0) is 26.9. The second-order valence-corrected chi connectivity index (χ2v) is 9.17. The molecule has 2 heterocycles. The molecule has 3 N–H and O–H groups in total. The van der Waals surface area contributed by atoms with Crippen LogP contribution in [0.2, 0.25) is 0 Å². The van der Waals surface area contributed by atoms with E-state index in [-0.39, 0.29) is 17.8 Å². The van der Waals surface area contributed by atoms with Crippen LogP contribution in [0.3, 0.4) is 0 Å². The normalized spacial score (nSPS) is 15.2. The molecular weight excluding hydrogens is 480 g/mol.